The standard InChI is InChI=1S/C11H12FN5O/c1-17-6-15-10(16-17)5-14-11(18)8-3-2-7(12)4-9(8)13/h2-4,6H,5,13H2,1H3,(H,14,18). The van der Waals surface area contributed by atoms with Crippen LogP contribution in [0.15, 0.2) is 24.5 Å². The van der Waals surface area contributed by atoms with E-state index in [2.05, 4.69) is 15.4 Å². The lowest BCUT2D eigenvalue weighted by molar-refractivity contribution is 0.0950. The SMILES string of the molecule is Cn1cnc(CNC(=O)c2ccc(F)cc2N)n1. The largest absolute Gasteiger partial charge is 0.398 e. The third-order valence-corrected chi connectivity index (χ3v) is 2.31. The molecule has 0 radical (unpaired) electrons. The number of carbonyl (C=O) groups is 1. The Kier molecular flexibility index (Phi) is 3.22. The van der Waals surface area contributed by atoms with Crippen LogP contribution >= 0.6 is 0 Å². The van der Waals surface area contributed by atoms with Crippen molar-refractivity contribution in [3.63, 3.8) is 0 Å². The van der Waals surface area contributed by atoms with Gasteiger partial charge >= 0.3 is 0 Å². The summed E-state index contributed by atoms with van der Waals surface area (Å²) in [6.45, 7) is 0.191. The molecule has 0 aliphatic heterocycles. The van der Waals surface area contributed by atoms with Gasteiger partial charge in [0.2, 0.25) is 0 Å². The molecule has 6 nitrogen and oxygen atoms in total. The molecule has 3 N–H and O–H groups in total. The maximum atomic E-state index is 12.8. The summed E-state index contributed by atoms with van der Waals surface area (Å²) in [5, 5.41) is 6.62. The Bertz CT molecular complexity index is 581. The van der Waals surface area contributed by atoms with E-state index >= 15 is 0 Å². The molecule has 0 aliphatic carbocycles. The van der Waals surface area contributed by atoms with Crippen LogP contribution in [0.3, 0.4) is 0 Å². The first kappa shape index (κ1) is 12.0. The second-order valence-corrected chi connectivity index (χ2v) is 3.75. The molecule has 1 amide bonds. The number of rotatable bonds is 3. The maximum absolute atomic E-state index is 12.8. The van der Waals surface area contributed by atoms with Crippen LogP contribution in [0.25, 0.3) is 0 Å². The number of carbonyl (C=O) groups excluding carboxylic acids is 1. The number of hydrogen-bond donors (Lipinski definition) is 2. The summed E-state index contributed by atoms with van der Waals surface area (Å²) in [4.78, 5) is 15.7. The van der Waals surface area contributed by atoms with Gasteiger partial charge in [-0.15, -0.1) is 0 Å². The highest BCUT2D eigenvalue weighted by atomic mass is 19.1. The molecule has 0 fully saturated rings. The summed E-state index contributed by atoms with van der Waals surface area (Å²) >= 11 is 0. The molecule has 1 aromatic heterocycles. The van der Waals surface area contributed by atoms with E-state index in [1.165, 1.54) is 23.1 Å². The van der Waals surface area contributed by atoms with E-state index in [1.54, 1.807) is 7.05 Å². The fourth-order valence-corrected chi connectivity index (χ4v) is 1.46. The van der Waals surface area contributed by atoms with Gasteiger partial charge < -0.3 is 11.1 Å². The van der Waals surface area contributed by atoms with Crippen LogP contribution in [-0.2, 0) is 13.6 Å². The second kappa shape index (κ2) is 4.82. The number of nitrogens with two attached hydrogens (primary N) is 1. The lowest BCUT2D eigenvalue weighted by atomic mass is 10.1. The van der Waals surface area contributed by atoms with Crippen LogP contribution in [0.1, 0.15) is 16.2 Å². The molecule has 0 unspecified atom stereocenters. The average Bonchev–Trinajstić information content (AvgIpc) is 2.72. The quantitative estimate of drug-likeness (QED) is 0.774. The molecule has 0 spiro atoms. The number of aromatic nitrogens is 3. The second-order valence-electron chi connectivity index (χ2n) is 3.75. The van der Waals surface area contributed by atoms with E-state index in [9.17, 15) is 9.18 Å². The molecule has 0 bridgehead atoms. The van der Waals surface area contributed by atoms with Gasteiger partial charge in [-0.2, -0.15) is 5.10 Å². The van der Waals surface area contributed by atoms with Gasteiger partial charge in [0.05, 0.1) is 12.1 Å². The van der Waals surface area contributed by atoms with Crippen molar-refractivity contribution in [2.24, 2.45) is 7.05 Å². The smallest absolute Gasteiger partial charge is 0.253 e. The Morgan fingerprint density at radius 3 is 2.94 bits per heavy atom. The number of nitrogens with zero attached hydrogens (tertiary/aromatic N) is 3. The highest BCUT2D eigenvalue weighted by molar-refractivity contribution is 5.98. The molecule has 1 aromatic carbocycles. The van der Waals surface area contributed by atoms with Crippen LogP contribution in [0.5, 0.6) is 0 Å². The van der Waals surface area contributed by atoms with Crippen molar-refractivity contribution in [3.05, 3.63) is 41.7 Å². The number of anilines is 1. The Balaban J connectivity index is 2.03. The van der Waals surface area contributed by atoms with E-state index in [1.807, 2.05) is 0 Å². The van der Waals surface area contributed by atoms with Crippen molar-refractivity contribution < 1.29 is 9.18 Å². The van der Waals surface area contributed by atoms with Gasteiger partial charge in [-0.25, -0.2) is 9.37 Å². The third kappa shape index (κ3) is 2.62. The summed E-state index contributed by atoms with van der Waals surface area (Å²) in [6.07, 6.45) is 1.54. The first-order valence-electron chi connectivity index (χ1n) is 5.24. The Morgan fingerprint density at radius 1 is 1.56 bits per heavy atom. The van der Waals surface area contributed by atoms with Crippen molar-refractivity contribution in [2.75, 3.05) is 5.73 Å². The molecule has 18 heavy (non-hydrogen) atoms. The zero-order valence-corrected chi connectivity index (χ0v) is 9.72. The number of nitrogens with one attached hydrogen (secondary N) is 1. The number of halogens is 1. The maximum Gasteiger partial charge on any atom is 0.253 e. The van der Waals surface area contributed by atoms with Crippen LogP contribution in [-0.4, -0.2) is 20.7 Å². The first-order chi connectivity index (χ1) is 8.56. The van der Waals surface area contributed by atoms with Gasteiger partial charge in [0.15, 0.2) is 5.82 Å². The van der Waals surface area contributed by atoms with Gasteiger partial charge in [0, 0.05) is 12.7 Å². The minimum absolute atomic E-state index is 0.0986. The first-order valence-corrected chi connectivity index (χ1v) is 5.24. The van der Waals surface area contributed by atoms with Crippen molar-refractivity contribution in [1.82, 2.24) is 20.1 Å². The van der Waals surface area contributed by atoms with Crippen molar-refractivity contribution in [2.45, 2.75) is 6.54 Å². The predicted molar refractivity (Wildman–Crippen MR) is 63.0 cm³/mol. The van der Waals surface area contributed by atoms with E-state index in [0.29, 0.717) is 5.82 Å². The number of amides is 1. The topological polar surface area (TPSA) is 85.8 Å². The normalized spacial score (nSPS) is 10.3. The van der Waals surface area contributed by atoms with E-state index < -0.39 is 5.82 Å². The predicted octanol–water partition coefficient (Wildman–Crippen LogP) is 0.466. The summed E-state index contributed by atoms with van der Waals surface area (Å²) in [7, 11) is 1.73. The molecule has 94 valence electrons. The van der Waals surface area contributed by atoms with Gasteiger partial charge in [-0.05, 0) is 18.2 Å². The minimum atomic E-state index is -0.476. The van der Waals surface area contributed by atoms with E-state index in [4.69, 9.17) is 5.73 Å². The molecule has 0 saturated carbocycles. The zero-order chi connectivity index (χ0) is 13.1. The lowest BCUT2D eigenvalue weighted by Crippen LogP contribution is -2.24. The van der Waals surface area contributed by atoms with Crippen molar-refractivity contribution in [3.8, 4) is 0 Å². The average molecular weight is 249 g/mol. The number of nitrogen functional groups attached to an aromatic ring is 1. The van der Waals surface area contributed by atoms with Crippen molar-refractivity contribution >= 4 is 11.6 Å². The van der Waals surface area contributed by atoms with Gasteiger partial charge in [-0.3, -0.25) is 9.48 Å². The molecule has 2 aromatic rings. The summed E-state index contributed by atoms with van der Waals surface area (Å²) in [6, 6.07) is 3.63. The van der Waals surface area contributed by atoms with Crippen molar-refractivity contribution in [1.29, 1.82) is 0 Å². The van der Waals surface area contributed by atoms with Gasteiger partial charge in [-0.1, -0.05) is 0 Å². The highest BCUT2D eigenvalue weighted by Gasteiger charge is 2.10. The monoisotopic (exact) mass is 249 g/mol. The van der Waals surface area contributed by atoms with E-state index in [-0.39, 0.29) is 23.7 Å². The molecule has 2 rings (SSSR count). The number of hydrogen-bond acceptors (Lipinski definition) is 4. The molecule has 0 saturated heterocycles. The molecule has 0 atom stereocenters. The zero-order valence-electron chi connectivity index (χ0n) is 9.72. The summed E-state index contributed by atoms with van der Waals surface area (Å²) in [5.41, 5.74) is 5.89. The van der Waals surface area contributed by atoms with Crippen LogP contribution in [0, 0.1) is 5.82 Å². The van der Waals surface area contributed by atoms with Crippen LogP contribution < -0.4 is 11.1 Å². The number of benzene rings is 1. The van der Waals surface area contributed by atoms with Crippen LogP contribution in [0.2, 0.25) is 0 Å². The van der Waals surface area contributed by atoms with E-state index in [0.717, 1.165) is 6.07 Å². The molecular formula is C11H12FN5O. The third-order valence-electron chi connectivity index (χ3n) is 2.31. The number of aryl methyl sites for hydroxylation is 1. The highest BCUT2D eigenvalue weighted by Crippen LogP contribution is 2.13. The molecule has 1 heterocycles. The van der Waals surface area contributed by atoms with Gasteiger partial charge in [0.25, 0.3) is 5.91 Å². The summed E-state index contributed by atoms with van der Waals surface area (Å²) in [5.74, 6) is -0.373. The van der Waals surface area contributed by atoms with Crippen LogP contribution in [0.4, 0.5) is 10.1 Å². The lowest BCUT2D eigenvalue weighted by Gasteiger charge is -2.05. The minimum Gasteiger partial charge on any atom is -0.398 e. The Hall–Kier alpha value is -2.44. The Labute approximate surface area is 103 Å². The Morgan fingerprint density at radius 2 is 2.33 bits per heavy atom. The fourth-order valence-electron chi connectivity index (χ4n) is 1.46. The van der Waals surface area contributed by atoms with Gasteiger partial charge in [0.1, 0.15) is 12.1 Å². The fraction of sp³-hybridized carbons (Fsp3) is 0.182. The molecular weight excluding hydrogens is 237 g/mol. The summed E-state index contributed by atoms with van der Waals surface area (Å²) < 4.78 is 14.4. The molecule has 7 heteroatoms. The molecule has 0 aliphatic rings.